The third-order valence-electron chi connectivity index (χ3n) is 2.15. The largest absolute Gasteiger partial charge is 0.295 e. The first-order valence-corrected chi connectivity index (χ1v) is 4.66. The van der Waals surface area contributed by atoms with Crippen LogP contribution in [0.3, 0.4) is 0 Å². The molecule has 0 fully saturated rings. The van der Waals surface area contributed by atoms with Crippen LogP contribution in [0.4, 0.5) is 0 Å². The summed E-state index contributed by atoms with van der Waals surface area (Å²) in [5.41, 5.74) is 1.34. The first-order valence-electron chi connectivity index (χ1n) is 4.66. The van der Waals surface area contributed by atoms with Gasteiger partial charge in [-0.2, -0.15) is 0 Å². The SMILES string of the molecule is C/C=C/CCC1=CC(=O)CCC1. The molecule has 1 aliphatic rings. The number of carbonyl (C=O) groups is 1. The molecule has 0 saturated heterocycles. The Hall–Kier alpha value is -0.850. The monoisotopic (exact) mass is 164 g/mol. The summed E-state index contributed by atoms with van der Waals surface area (Å²) in [5, 5.41) is 0. The number of allylic oxidation sites excluding steroid dienone is 4. The van der Waals surface area contributed by atoms with E-state index in [1.165, 1.54) is 5.57 Å². The summed E-state index contributed by atoms with van der Waals surface area (Å²) in [6, 6.07) is 0. The number of carbonyl (C=O) groups excluding carboxylic acids is 1. The zero-order chi connectivity index (χ0) is 8.81. The summed E-state index contributed by atoms with van der Waals surface area (Å²) < 4.78 is 0. The standard InChI is InChI=1S/C11H16O/c1-2-3-4-6-10-7-5-8-11(12)9-10/h2-3,9H,4-8H2,1H3/b3-2+. The molecule has 0 atom stereocenters. The van der Waals surface area contributed by atoms with Gasteiger partial charge in [0.2, 0.25) is 0 Å². The molecule has 0 heterocycles. The van der Waals surface area contributed by atoms with Crippen LogP contribution in [0.2, 0.25) is 0 Å². The van der Waals surface area contributed by atoms with Crippen molar-refractivity contribution >= 4 is 5.78 Å². The van der Waals surface area contributed by atoms with Crippen LogP contribution in [0.1, 0.15) is 39.0 Å². The summed E-state index contributed by atoms with van der Waals surface area (Å²) in [7, 11) is 0. The second-order valence-electron chi connectivity index (χ2n) is 3.23. The molecule has 1 heteroatoms. The van der Waals surface area contributed by atoms with Gasteiger partial charge in [-0.05, 0) is 38.7 Å². The maximum absolute atomic E-state index is 11.0. The first kappa shape index (κ1) is 9.24. The summed E-state index contributed by atoms with van der Waals surface area (Å²) in [6.07, 6.45) is 11.1. The molecule has 1 aliphatic carbocycles. The highest BCUT2D eigenvalue weighted by Crippen LogP contribution is 2.19. The molecule has 12 heavy (non-hydrogen) atoms. The quantitative estimate of drug-likeness (QED) is 0.586. The van der Waals surface area contributed by atoms with E-state index in [0.29, 0.717) is 5.78 Å². The summed E-state index contributed by atoms with van der Waals surface area (Å²) in [6.45, 7) is 2.03. The van der Waals surface area contributed by atoms with Crippen molar-refractivity contribution in [3.8, 4) is 0 Å². The smallest absolute Gasteiger partial charge is 0.155 e. The van der Waals surface area contributed by atoms with Gasteiger partial charge in [0, 0.05) is 6.42 Å². The maximum Gasteiger partial charge on any atom is 0.155 e. The zero-order valence-corrected chi connectivity index (χ0v) is 7.68. The van der Waals surface area contributed by atoms with E-state index in [9.17, 15) is 4.79 Å². The lowest BCUT2D eigenvalue weighted by Crippen LogP contribution is -2.02. The highest BCUT2D eigenvalue weighted by atomic mass is 16.1. The van der Waals surface area contributed by atoms with Crippen molar-refractivity contribution in [2.75, 3.05) is 0 Å². The fourth-order valence-corrected chi connectivity index (χ4v) is 1.49. The third-order valence-corrected chi connectivity index (χ3v) is 2.15. The minimum atomic E-state index is 0.316. The van der Waals surface area contributed by atoms with Crippen LogP contribution in [0.15, 0.2) is 23.8 Å². The molecular formula is C11H16O. The Balaban J connectivity index is 2.35. The molecule has 0 amide bonds. The molecule has 1 nitrogen and oxygen atoms in total. The van der Waals surface area contributed by atoms with E-state index in [0.717, 1.165) is 32.1 Å². The Morgan fingerprint density at radius 3 is 3.00 bits per heavy atom. The van der Waals surface area contributed by atoms with Gasteiger partial charge >= 0.3 is 0 Å². The predicted molar refractivity (Wildman–Crippen MR) is 51.0 cm³/mol. The van der Waals surface area contributed by atoms with Crippen LogP contribution >= 0.6 is 0 Å². The lowest BCUT2D eigenvalue weighted by molar-refractivity contribution is -0.115. The molecule has 0 spiro atoms. The molecule has 1 rings (SSSR count). The molecule has 0 N–H and O–H groups in total. The van der Waals surface area contributed by atoms with Gasteiger partial charge < -0.3 is 0 Å². The average molecular weight is 164 g/mol. The van der Waals surface area contributed by atoms with Gasteiger partial charge in [-0.25, -0.2) is 0 Å². The van der Waals surface area contributed by atoms with Crippen molar-refractivity contribution in [1.29, 1.82) is 0 Å². The average Bonchev–Trinajstić information content (AvgIpc) is 2.05. The molecule has 0 aromatic carbocycles. The summed E-state index contributed by atoms with van der Waals surface area (Å²) in [4.78, 5) is 11.0. The summed E-state index contributed by atoms with van der Waals surface area (Å²) >= 11 is 0. The number of hydrogen-bond donors (Lipinski definition) is 0. The van der Waals surface area contributed by atoms with Gasteiger partial charge in [-0.1, -0.05) is 17.7 Å². The molecular weight excluding hydrogens is 148 g/mol. The second kappa shape index (κ2) is 4.91. The van der Waals surface area contributed by atoms with Crippen LogP contribution in [-0.4, -0.2) is 5.78 Å². The molecule has 0 bridgehead atoms. The predicted octanol–water partition coefficient (Wildman–Crippen LogP) is 3.02. The highest BCUT2D eigenvalue weighted by Gasteiger charge is 2.08. The second-order valence-corrected chi connectivity index (χ2v) is 3.23. The topological polar surface area (TPSA) is 17.1 Å². The van der Waals surface area contributed by atoms with Crippen molar-refractivity contribution in [2.45, 2.75) is 39.0 Å². The lowest BCUT2D eigenvalue weighted by atomic mass is 9.95. The first-order chi connectivity index (χ1) is 5.83. The number of hydrogen-bond acceptors (Lipinski definition) is 1. The van der Waals surface area contributed by atoms with Crippen molar-refractivity contribution in [2.24, 2.45) is 0 Å². The van der Waals surface area contributed by atoms with E-state index in [1.807, 2.05) is 13.0 Å². The van der Waals surface area contributed by atoms with Crippen molar-refractivity contribution in [1.82, 2.24) is 0 Å². The van der Waals surface area contributed by atoms with E-state index in [4.69, 9.17) is 0 Å². The zero-order valence-electron chi connectivity index (χ0n) is 7.68. The minimum Gasteiger partial charge on any atom is -0.295 e. The van der Waals surface area contributed by atoms with Gasteiger partial charge in [-0.15, -0.1) is 0 Å². The van der Waals surface area contributed by atoms with E-state index in [2.05, 4.69) is 12.2 Å². The molecule has 0 unspecified atom stereocenters. The van der Waals surface area contributed by atoms with Gasteiger partial charge in [0.05, 0.1) is 0 Å². The van der Waals surface area contributed by atoms with Gasteiger partial charge in [0.25, 0.3) is 0 Å². The van der Waals surface area contributed by atoms with E-state index < -0.39 is 0 Å². The number of rotatable bonds is 3. The van der Waals surface area contributed by atoms with Crippen LogP contribution < -0.4 is 0 Å². The fourth-order valence-electron chi connectivity index (χ4n) is 1.49. The maximum atomic E-state index is 11.0. The van der Waals surface area contributed by atoms with Crippen LogP contribution in [0.25, 0.3) is 0 Å². The van der Waals surface area contributed by atoms with Gasteiger partial charge in [0.1, 0.15) is 0 Å². The van der Waals surface area contributed by atoms with Crippen LogP contribution in [0.5, 0.6) is 0 Å². The Morgan fingerprint density at radius 2 is 2.33 bits per heavy atom. The Kier molecular flexibility index (Phi) is 3.78. The van der Waals surface area contributed by atoms with Crippen molar-refractivity contribution in [3.05, 3.63) is 23.8 Å². The van der Waals surface area contributed by atoms with E-state index in [-0.39, 0.29) is 0 Å². The highest BCUT2D eigenvalue weighted by molar-refractivity contribution is 5.91. The van der Waals surface area contributed by atoms with Crippen LogP contribution in [0, 0.1) is 0 Å². The normalized spacial score (nSPS) is 18.4. The van der Waals surface area contributed by atoms with E-state index in [1.54, 1.807) is 0 Å². The van der Waals surface area contributed by atoms with E-state index >= 15 is 0 Å². The Morgan fingerprint density at radius 1 is 1.50 bits per heavy atom. The molecule has 0 saturated carbocycles. The Bertz CT molecular complexity index is 211. The van der Waals surface area contributed by atoms with Gasteiger partial charge in [-0.3, -0.25) is 4.79 Å². The molecule has 66 valence electrons. The van der Waals surface area contributed by atoms with Crippen molar-refractivity contribution < 1.29 is 4.79 Å². The van der Waals surface area contributed by atoms with Gasteiger partial charge in [0.15, 0.2) is 5.78 Å². The molecule has 0 aromatic heterocycles. The fraction of sp³-hybridized carbons (Fsp3) is 0.545. The molecule has 0 aliphatic heterocycles. The third kappa shape index (κ3) is 3.04. The summed E-state index contributed by atoms with van der Waals surface area (Å²) in [5.74, 6) is 0.316. The van der Waals surface area contributed by atoms with Crippen LogP contribution in [-0.2, 0) is 4.79 Å². The molecule has 0 radical (unpaired) electrons. The van der Waals surface area contributed by atoms with Crippen molar-refractivity contribution in [3.63, 3.8) is 0 Å². The molecule has 0 aromatic rings. The number of ketones is 1. The Labute approximate surface area is 74.2 Å². The lowest BCUT2D eigenvalue weighted by Gasteiger charge is -2.10. The minimum absolute atomic E-state index is 0.316.